The average molecular weight is 358 g/mol. The van der Waals surface area contributed by atoms with Crippen LogP contribution in [0.2, 0.25) is 0 Å². The Morgan fingerprint density at radius 3 is 2.96 bits per heavy atom. The topological polar surface area (TPSA) is 89.1 Å². The molecule has 4 rings (SSSR count). The van der Waals surface area contributed by atoms with Crippen LogP contribution in [0.4, 0.5) is 0 Å². The minimum atomic E-state index is -0.125. The smallest absolute Gasteiger partial charge is 0.274 e. The van der Waals surface area contributed by atoms with Gasteiger partial charge in [-0.15, -0.1) is 0 Å². The number of amides is 1. The fourth-order valence-electron chi connectivity index (χ4n) is 3.76. The molecule has 2 fully saturated rings. The van der Waals surface area contributed by atoms with E-state index in [1.165, 1.54) is 0 Å². The number of nitrogens with one attached hydrogen (secondary N) is 1. The van der Waals surface area contributed by atoms with Crippen molar-refractivity contribution >= 4 is 5.91 Å². The van der Waals surface area contributed by atoms with Gasteiger partial charge in [-0.1, -0.05) is 19.0 Å². The lowest BCUT2D eigenvalue weighted by atomic mass is 10.1. The van der Waals surface area contributed by atoms with E-state index in [9.17, 15) is 4.79 Å². The summed E-state index contributed by atoms with van der Waals surface area (Å²) >= 11 is 0. The molecule has 2 saturated heterocycles. The normalized spacial score (nSPS) is 23.7. The molecule has 0 aliphatic carbocycles. The molecule has 2 aliphatic rings. The van der Waals surface area contributed by atoms with Gasteiger partial charge in [-0.05, 0) is 38.3 Å². The van der Waals surface area contributed by atoms with Gasteiger partial charge in [0.1, 0.15) is 5.69 Å². The first-order valence-corrected chi connectivity index (χ1v) is 9.54. The number of hydrogen-bond donors (Lipinski definition) is 1. The summed E-state index contributed by atoms with van der Waals surface area (Å²) in [6.07, 6.45) is 5.94. The molecule has 2 aromatic rings. The quantitative estimate of drug-likeness (QED) is 0.902. The number of likely N-dealkylation sites (tertiary alicyclic amines) is 1. The summed E-state index contributed by atoms with van der Waals surface area (Å²) < 4.78 is 7.26. The molecule has 2 aromatic heterocycles. The monoisotopic (exact) mass is 358 g/mol. The van der Waals surface area contributed by atoms with E-state index in [2.05, 4.69) is 20.6 Å². The Balaban J connectivity index is 1.50. The summed E-state index contributed by atoms with van der Waals surface area (Å²) in [6, 6.07) is 2.02. The molecule has 2 aliphatic heterocycles. The van der Waals surface area contributed by atoms with Crippen molar-refractivity contribution in [1.82, 2.24) is 30.1 Å². The van der Waals surface area contributed by atoms with Crippen molar-refractivity contribution in [2.75, 3.05) is 19.6 Å². The van der Waals surface area contributed by atoms with Crippen LogP contribution in [0.25, 0.3) is 0 Å². The second-order valence-corrected chi connectivity index (χ2v) is 7.48. The van der Waals surface area contributed by atoms with E-state index in [0.717, 1.165) is 38.8 Å². The van der Waals surface area contributed by atoms with E-state index in [1.54, 1.807) is 0 Å². The lowest BCUT2D eigenvalue weighted by molar-refractivity contribution is 0.0721. The first-order chi connectivity index (χ1) is 12.6. The van der Waals surface area contributed by atoms with Gasteiger partial charge in [0.25, 0.3) is 5.91 Å². The van der Waals surface area contributed by atoms with Crippen molar-refractivity contribution in [3.05, 3.63) is 29.7 Å². The lowest BCUT2D eigenvalue weighted by Gasteiger charge is -2.23. The SMILES string of the molecule is CC(C)c1nc(C2CCCN2C(=O)c2ccn(C3CCCNC3)n2)no1. The lowest BCUT2D eigenvalue weighted by Crippen LogP contribution is -2.33. The summed E-state index contributed by atoms with van der Waals surface area (Å²) in [4.78, 5) is 19.3. The molecule has 8 heteroatoms. The third-order valence-corrected chi connectivity index (χ3v) is 5.24. The van der Waals surface area contributed by atoms with Crippen molar-refractivity contribution in [2.45, 2.75) is 57.5 Å². The highest BCUT2D eigenvalue weighted by Gasteiger charge is 2.35. The van der Waals surface area contributed by atoms with Crippen molar-refractivity contribution in [3.63, 3.8) is 0 Å². The fourth-order valence-corrected chi connectivity index (χ4v) is 3.76. The van der Waals surface area contributed by atoms with Crippen molar-refractivity contribution < 1.29 is 9.32 Å². The van der Waals surface area contributed by atoms with Crippen LogP contribution in [0.15, 0.2) is 16.8 Å². The van der Waals surface area contributed by atoms with Gasteiger partial charge >= 0.3 is 0 Å². The second kappa shape index (κ2) is 7.19. The van der Waals surface area contributed by atoms with Crippen LogP contribution in [-0.2, 0) is 0 Å². The molecule has 26 heavy (non-hydrogen) atoms. The molecule has 140 valence electrons. The highest BCUT2D eigenvalue weighted by molar-refractivity contribution is 5.92. The van der Waals surface area contributed by atoms with Gasteiger partial charge in [0.15, 0.2) is 5.82 Å². The number of nitrogens with zero attached hydrogens (tertiary/aromatic N) is 5. The molecular weight excluding hydrogens is 332 g/mol. The zero-order valence-corrected chi connectivity index (χ0v) is 15.4. The van der Waals surface area contributed by atoms with Crippen LogP contribution >= 0.6 is 0 Å². The summed E-state index contributed by atoms with van der Waals surface area (Å²) in [6.45, 7) is 6.70. The molecule has 1 amide bonds. The van der Waals surface area contributed by atoms with E-state index in [1.807, 2.05) is 35.7 Å². The van der Waals surface area contributed by atoms with Crippen LogP contribution in [0.3, 0.4) is 0 Å². The number of hydrogen-bond acceptors (Lipinski definition) is 6. The van der Waals surface area contributed by atoms with E-state index in [4.69, 9.17) is 4.52 Å². The van der Waals surface area contributed by atoms with Gasteiger partial charge in [0.05, 0.1) is 12.1 Å². The molecule has 0 spiro atoms. The first kappa shape index (κ1) is 17.2. The molecule has 0 aromatic carbocycles. The highest BCUT2D eigenvalue weighted by atomic mass is 16.5. The van der Waals surface area contributed by atoms with Gasteiger partial charge in [0.2, 0.25) is 5.89 Å². The van der Waals surface area contributed by atoms with Crippen molar-refractivity contribution in [3.8, 4) is 0 Å². The Labute approximate surface area is 152 Å². The zero-order chi connectivity index (χ0) is 18.1. The van der Waals surface area contributed by atoms with E-state index in [0.29, 0.717) is 30.0 Å². The minimum Gasteiger partial charge on any atom is -0.339 e. The summed E-state index contributed by atoms with van der Waals surface area (Å²) in [7, 11) is 0. The van der Waals surface area contributed by atoms with Crippen molar-refractivity contribution in [2.24, 2.45) is 0 Å². The summed E-state index contributed by atoms with van der Waals surface area (Å²) in [5.74, 6) is 1.36. The molecule has 2 atom stereocenters. The molecular formula is C18H26N6O2. The number of rotatable bonds is 4. The van der Waals surface area contributed by atoms with Gasteiger partial charge in [-0.2, -0.15) is 10.1 Å². The van der Waals surface area contributed by atoms with Crippen LogP contribution in [0.1, 0.15) is 79.7 Å². The zero-order valence-electron chi connectivity index (χ0n) is 15.4. The maximum atomic E-state index is 13.0. The molecule has 4 heterocycles. The molecule has 1 N–H and O–H groups in total. The molecule has 0 bridgehead atoms. The molecule has 8 nitrogen and oxygen atoms in total. The number of carbonyl (C=O) groups excluding carboxylic acids is 1. The Hall–Kier alpha value is -2.22. The fraction of sp³-hybridized carbons (Fsp3) is 0.667. The third-order valence-electron chi connectivity index (χ3n) is 5.24. The Bertz CT molecular complexity index is 761. The molecule has 0 saturated carbocycles. The van der Waals surface area contributed by atoms with E-state index < -0.39 is 0 Å². The van der Waals surface area contributed by atoms with Gasteiger partial charge in [-0.3, -0.25) is 9.48 Å². The van der Waals surface area contributed by atoms with E-state index >= 15 is 0 Å². The van der Waals surface area contributed by atoms with Crippen LogP contribution in [-0.4, -0.2) is 50.4 Å². The third kappa shape index (κ3) is 3.25. The van der Waals surface area contributed by atoms with Crippen LogP contribution < -0.4 is 5.32 Å². The maximum Gasteiger partial charge on any atom is 0.274 e. The second-order valence-electron chi connectivity index (χ2n) is 7.48. The summed E-state index contributed by atoms with van der Waals surface area (Å²) in [5, 5.41) is 12.1. The Morgan fingerprint density at radius 2 is 2.23 bits per heavy atom. The van der Waals surface area contributed by atoms with E-state index in [-0.39, 0.29) is 17.9 Å². The van der Waals surface area contributed by atoms with Crippen molar-refractivity contribution in [1.29, 1.82) is 0 Å². The highest BCUT2D eigenvalue weighted by Crippen LogP contribution is 2.32. The Morgan fingerprint density at radius 1 is 1.35 bits per heavy atom. The molecule has 2 unspecified atom stereocenters. The predicted octanol–water partition coefficient (Wildman–Crippen LogP) is 2.29. The van der Waals surface area contributed by atoms with Crippen LogP contribution in [0, 0.1) is 0 Å². The predicted molar refractivity (Wildman–Crippen MR) is 94.8 cm³/mol. The van der Waals surface area contributed by atoms with Gasteiger partial charge < -0.3 is 14.7 Å². The standard InChI is InChI=1S/C18H26N6O2/c1-12(2)17-20-16(22-26-17)15-6-4-9-23(15)18(25)14-7-10-24(21-14)13-5-3-8-19-11-13/h7,10,12-13,15,19H,3-6,8-9,11H2,1-2H3. The van der Waals surface area contributed by atoms with Gasteiger partial charge in [-0.25, -0.2) is 0 Å². The van der Waals surface area contributed by atoms with Gasteiger partial charge in [0, 0.05) is 25.2 Å². The Kier molecular flexibility index (Phi) is 4.76. The largest absolute Gasteiger partial charge is 0.339 e. The molecule has 0 radical (unpaired) electrons. The van der Waals surface area contributed by atoms with Crippen LogP contribution in [0.5, 0.6) is 0 Å². The minimum absolute atomic E-state index is 0.0501. The average Bonchev–Trinajstić information content (AvgIpc) is 3.41. The number of piperidine rings is 1. The summed E-state index contributed by atoms with van der Waals surface area (Å²) in [5.41, 5.74) is 0.495. The maximum absolute atomic E-state index is 13.0. The number of carbonyl (C=O) groups is 1. The number of aromatic nitrogens is 4. The first-order valence-electron chi connectivity index (χ1n) is 9.54.